The molecule has 0 aromatic rings. The highest BCUT2D eigenvalue weighted by Gasteiger charge is 2.30. The van der Waals surface area contributed by atoms with Crippen molar-refractivity contribution in [3.63, 3.8) is 0 Å². The molecule has 2 amide bonds. The van der Waals surface area contributed by atoms with Crippen molar-refractivity contribution >= 4 is 17.8 Å². The summed E-state index contributed by atoms with van der Waals surface area (Å²) in [5.74, 6) is -1.52. The number of likely N-dealkylation sites (tertiary alicyclic amines) is 1. The largest absolute Gasteiger partial charge is 0.449 e. The van der Waals surface area contributed by atoms with Crippen molar-refractivity contribution in [2.45, 2.75) is 39.7 Å². The standard InChI is InChI=1S/C14H22N2O4/c1-9(2)7-12(17)20-10(3)14(19)16-6-4-5-11(8-16)13(15)18/h7,10-11H,4-6,8H2,1-3H3,(H2,15,18)/t10-,11+/m1/s1. The number of carbonyl (C=O) groups excluding carboxylic acids is 3. The molecule has 0 bridgehead atoms. The molecular formula is C14H22N2O4. The van der Waals surface area contributed by atoms with Crippen molar-refractivity contribution < 1.29 is 19.1 Å². The van der Waals surface area contributed by atoms with Gasteiger partial charge in [-0.2, -0.15) is 0 Å². The number of allylic oxidation sites excluding steroid dienone is 1. The molecule has 0 aliphatic carbocycles. The molecule has 1 saturated heterocycles. The van der Waals surface area contributed by atoms with E-state index in [2.05, 4.69) is 0 Å². The topological polar surface area (TPSA) is 89.7 Å². The summed E-state index contributed by atoms with van der Waals surface area (Å²) in [4.78, 5) is 36.4. The predicted molar refractivity (Wildman–Crippen MR) is 73.5 cm³/mol. The Hall–Kier alpha value is -1.85. The van der Waals surface area contributed by atoms with E-state index in [0.717, 1.165) is 12.0 Å². The Morgan fingerprint density at radius 2 is 2.00 bits per heavy atom. The molecule has 0 saturated carbocycles. The number of hydrogen-bond acceptors (Lipinski definition) is 4. The van der Waals surface area contributed by atoms with Gasteiger partial charge in [-0.1, -0.05) is 5.57 Å². The first-order chi connectivity index (χ1) is 9.31. The SMILES string of the molecule is CC(C)=CC(=O)O[C@H](C)C(=O)N1CCC[C@H](C(N)=O)C1. The quantitative estimate of drug-likeness (QED) is 0.604. The smallest absolute Gasteiger partial charge is 0.331 e. The third-order valence-corrected chi connectivity index (χ3v) is 3.18. The molecule has 1 aliphatic heterocycles. The molecule has 2 atom stereocenters. The van der Waals surface area contributed by atoms with Crippen molar-refractivity contribution in [2.24, 2.45) is 11.7 Å². The van der Waals surface area contributed by atoms with E-state index in [1.54, 1.807) is 18.7 Å². The number of ether oxygens (including phenoxy) is 1. The van der Waals surface area contributed by atoms with Crippen molar-refractivity contribution in [1.82, 2.24) is 4.90 Å². The van der Waals surface area contributed by atoms with Crippen LogP contribution in [0.1, 0.15) is 33.6 Å². The molecule has 1 fully saturated rings. The molecule has 1 rings (SSSR count). The highest BCUT2D eigenvalue weighted by molar-refractivity contribution is 5.88. The molecule has 6 heteroatoms. The van der Waals surface area contributed by atoms with Crippen molar-refractivity contribution in [1.29, 1.82) is 0 Å². The van der Waals surface area contributed by atoms with Gasteiger partial charge < -0.3 is 15.4 Å². The van der Waals surface area contributed by atoms with E-state index in [1.165, 1.54) is 13.0 Å². The number of nitrogens with two attached hydrogens (primary N) is 1. The van der Waals surface area contributed by atoms with Crippen LogP contribution in [-0.2, 0) is 19.1 Å². The van der Waals surface area contributed by atoms with Gasteiger partial charge in [0.15, 0.2) is 6.10 Å². The van der Waals surface area contributed by atoms with Crippen LogP contribution in [0.4, 0.5) is 0 Å². The second-order valence-corrected chi connectivity index (χ2v) is 5.33. The molecule has 0 spiro atoms. The number of carbonyl (C=O) groups is 3. The van der Waals surface area contributed by atoms with Crippen molar-refractivity contribution in [2.75, 3.05) is 13.1 Å². The normalized spacial score (nSPS) is 19.9. The van der Waals surface area contributed by atoms with Gasteiger partial charge in [-0.15, -0.1) is 0 Å². The van der Waals surface area contributed by atoms with E-state index in [1.807, 2.05) is 0 Å². The van der Waals surface area contributed by atoms with Gasteiger partial charge >= 0.3 is 5.97 Å². The number of esters is 1. The van der Waals surface area contributed by atoms with Crippen LogP contribution < -0.4 is 5.73 Å². The zero-order chi connectivity index (χ0) is 15.3. The third kappa shape index (κ3) is 4.68. The molecule has 20 heavy (non-hydrogen) atoms. The van der Waals surface area contributed by atoms with E-state index in [0.29, 0.717) is 19.5 Å². The fourth-order valence-electron chi connectivity index (χ4n) is 2.16. The number of piperidine rings is 1. The van der Waals surface area contributed by atoms with Crippen LogP contribution in [0.2, 0.25) is 0 Å². The van der Waals surface area contributed by atoms with Gasteiger partial charge in [0.25, 0.3) is 5.91 Å². The molecule has 0 radical (unpaired) electrons. The zero-order valence-electron chi connectivity index (χ0n) is 12.2. The number of amides is 2. The average Bonchev–Trinajstić information content (AvgIpc) is 2.36. The van der Waals surface area contributed by atoms with Crippen molar-refractivity contribution in [3.05, 3.63) is 11.6 Å². The Balaban J connectivity index is 2.58. The van der Waals surface area contributed by atoms with E-state index >= 15 is 0 Å². The molecule has 0 aromatic carbocycles. The summed E-state index contributed by atoms with van der Waals surface area (Å²) in [6.07, 6.45) is 1.91. The summed E-state index contributed by atoms with van der Waals surface area (Å²) >= 11 is 0. The maximum Gasteiger partial charge on any atom is 0.331 e. The van der Waals surface area contributed by atoms with Gasteiger partial charge in [0.2, 0.25) is 5.91 Å². The van der Waals surface area contributed by atoms with Crippen LogP contribution in [0, 0.1) is 5.92 Å². The predicted octanol–water partition coefficient (Wildman–Crippen LogP) is 0.608. The lowest BCUT2D eigenvalue weighted by molar-refractivity contribution is -0.156. The Bertz CT molecular complexity index is 427. The van der Waals surface area contributed by atoms with E-state index in [4.69, 9.17) is 10.5 Å². The summed E-state index contributed by atoms with van der Waals surface area (Å²) in [6.45, 7) is 5.95. The first-order valence-corrected chi connectivity index (χ1v) is 6.75. The minimum Gasteiger partial charge on any atom is -0.449 e. The van der Waals surface area contributed by atoms with Gasteiger partial charge in [0, 0.05) is 19.2 Å². The lowest BCUT2D eigenvalue weighted by Gasteiger charge is -2.32. The summed E-state index contributed by atoms with van der Waals surface area (Å²) in [6, 6.07) is 0. The second-order valence-electron chi connectivity index (χ2n) is 5.33. The van der Waals surface area contributed by atoms with E-state index in [-0.39, 0.29) is 11.8 Å². The Morgan fingerprint density at radius 1 is 1.35 bits per heavy atom. The van der Waals surface area contributed by atoms with Gasteiger partial charge in [-0.25, -0.2) is 4.79 Å². The summed E-state index contributed by atoms with van der Waals surface area (Å²) in [7, 11) is 0. The Kier molecular flexibility index (Phi) is 5.73. The lowest BCUT2D eigenvalue weighted by atomic mass is 9.97. The summed E-state index contributed by atoms with van der Waals surface area (Å²) in [5.41, 5.74) is 6.08. The third-order valence-electron chi connectivity index (χ3n) is 3.18. The minimum absolute atomic E-state index is 0.286. The number of rotatable bonds is 4. The molecular weight excluding hydrogens is 260 g/mol. The monoisotopic (exact) mass is 282 g/mol. The molecule has 2 N–H and O–H groups in total. The molecule has 0 unspecified atom stereocenters. The molecule has 112 valence electrons. The van der Waals surface area contributed by atoms with Gasteiger partial charge in [0.1, 0.15) is 0 Å². The summed E-state index contributed by atoms with van der Waals surface area (Å²) in [5, 5.41) is 0. The lowest BCUT2D eigenvalue weighted by Crippen LogP contribution is -2.47. The summed E-state index contributed by atoms with van der Waals surface area (Å²) < 4.78 is 5.05. The first kappa shape index (κ1) is 16.2. The average molecular weight is 282 g/mol. The van der Waals surface area contributed by atoms with E-state index < -0.39 is 18.0 Å². The number of hydrogen-bond donors (Lipinski definition) is 1. The Labute approximate surface area is 118 Å². The van der Waals surface area contributed by atoms with Crippen LogP contribution in [-0.4, -0.2) is 41.9 Å². The molecule has 6 nitrogen and oxygen atoms in total. The number of primary amides is 1. The van der Waals surface area contributed by atoms with Crippen LogP contribution in [0.25, 0.3) is 0 Å². The maximum absolute atomic E-state index is 12.2. The van der Waals surface area contributed by atoms with E-state index in [9.17, 15) is 14.4 Å². The first-order valence-electron chi connectivity index (χ1n) is 6.75. The maximum atomic E-state index is 12.2. The van der Waals surface area contributed by atoms with Crippen LogP contribution in [0.5, 0.6) is 0 Å². The van der Waals surface area contributed by atoms with Gasteiger partial charge in [-0.3, -0.25) is 9.59 Å². The number of nitrogens with zero attached hydrogens (tertiary/aromatic N) is 1. The van der Waals surface area contributed by atoms with Crippen LogP contribution in [0.15, 0.2) is 11.6 Å². The molecule has 0 aromatic heterocycles. The highest BCUT2D eigenvalue weighted by atomic mass is 16.5. The minimum atomic E-state index is -0.857. The highest BCUT2D eigenvalue weighted by Crippen LogP contribution is 2.17. The molecule has 1 aliphatic rings. The fraction of sp³-hybridized carbons (Fsp3) is 0.643. The zero-order valence-corrected chi connectivity index (χ0v) is 12.2. The van der Waals surface area contributed by atoms with Crippen LogP contribution in [0.3, 0.4) is 0 Å². The van der Waals surface area contributed by atoms with Gasteiger partial charge in [0.05, 0.1) is 5.92 Å². The Morgan fingerprint density at radius 3 is 2.55 bits per heavy atom. The fourth-order valence-corrected chi connectivity index (χ4v) is 2.16. The molecule has 1 heterocycles. The van der Waals surface area contributed by atoms with Gasteiger partial charge in [-0.05, 0) is 33.6 Å². The van der Waals surface area contributed by atoms with Crippen molar-refractivity contribution in [3.8, 4) is 0 Å². The second kappa shape index (κ2) is 7.07. The van der Waals surface area contributed by atoms with Crippen LogP contribution >= 0.6 is 0 Å².